The highest BCUT2D eigenvalue weighted by Gasteiger charge is 2.33. The second-order valence-corrected chi connectivity index (χ2v) is 9.05. The van der Waals surface area contributed by atoms with Gasteiger partial charge in [-0.2, -0.15) is 5.26 Å². The van der Waals surface area contributed by atoms with Crippen molar-refractivity contribution in [2.24, 2.45) is 13.0 Å². The van der Waals surface area contributed by atoms with E-state index >= 15 is 0 Å². The maximum Gasteiger partial charge on any atom is 0.268 e. The summed E-state index contributed by atoms with van der Waals surface area (Å²) in [7, 11) is 1.88. The number of nitrogens with zero attached hydrogens (tertiary/aromatic N) is 3. The minimum atomic E-state index is -0.531. The van der Waals surface area contributed by atoms with E-state index in [-0.39, 0.29) is 23.8 Å². The number of benzene rings is 1. The molecule has 176 valence electrons. The quantitative estimate of drug-likeness (QED) is 0.672. The van der Waals surface area contributed by atoms with Gasteiger partial charge >= 0.3 is 0 Å². The number of hydrogen-bond acceptors (Lipinski definition) is 5. The largest absolute Gasteiger partial charge is 0.379 e. The molecule has 8 heteroatoms. The summed E-state index contributed by atoms with van der Waals surface area (Å²) in [4.78, 5) is 28.5. The number of ether oxygens (including phenoxy) is 1. The molecule has 1 aromatic carbocycles. The van der Waals surface area contributed by atoms with Crippen LogP contribution >= 0.6 is 0 Å². The first-order chi connectivity index (χ1) is 16.1. The number of carbonyl (C=O) groups is 2. The lowest BCUT2D eigenvalue weighted by Gasteiger charge is -2.32. The summed E-state index contributed by atoms with van der Waals surface area (Å²) in [6.07, 6.45) is 3.99. The average Bonchev–Trinajstić information content (AvgIpc) is 3.19. The van der Waals surface area contributed by atoms with Crippen LogP contribution in [-0.2, 0) is 16.6 Å². The van der Waals surface area contributed by atoms with Crippen LogP contribution in [0.1, 0.15) is 42.6 Å². The molecule has 33 heavy (non-hydrogen) atoms. The fourth-order valence-corrected chi connectivity index (χ4v) is 4.95. The molecule has 4 rings (SSSR count). The van der Waals surface area contributed by atoms with Crippen molar-refractivity contribution < 1.29 is 14.3 Å². The molecule has 2 aromatic rings. The summed E-state index contributed by atoms with van der Waals surface area (Å²) in [5, 5.41) is 16.7. The van der Waals surface area contributed by atoms with Gasteiger partial charge in [-0.3, -0.25) is 14.5 Å². The molecule has 2 amide bonds. The second kappa shape index (κ2) is 10.8. The Bertz CT molecular complexity index is 1020. The van der Waals surface area contributed by atoms with Crippen LogP contribution in [-0.4, -0.2) is 66.2 Å². The number of para-hydroxylation sites is 1. The number of fused-ring (bicyclic) bond motifs is 1. The number of nitrogens with one attached hydrogen (secondary N) is 2. The number of hydrogen-bond donors (Lipinski definition) is 2. The predicted octanol–water partition coefficient (Wildman–Crippen LogP) is 2.20. The van der Waals surface area contributed by atoms with Crippen LogP contribution in [0.3, 0.4) is 0 Å². The SMILES string of the molecule is Cn1c(C(=O)N[C@H]2CCCC[C@H]2C(=O)N[C@H](C#N)CCN2CCOCC2)cc2ccccc21. The zero-order valence-corrected chi connectivity index (χ0v) is 19.3. The number of aromatic nitrogens is 1. The third-order valence-corrected chi connectivity index (χ3v) is 6.91. The molecule has 1 aromatic heterocycles. The molecule has 1 saturated heterocycles. The van der Waals surface area contributed by atoms with E-state index in [9.17, 15) is 14.9 Å². The van der Waals surface area contributed by atoms with Crippen LogP contribution in [0.2, 0.25) is 0 Å². The third kappa shape index (κ3) is 5.55. The highest BCUT2D eigenvalue weighted by atomic mass is 16.5. The van der Waals surface area contributed by atoms with Crippen LogP contribution in [0.4, 0.5) is 0 Å². The number of rotatable bonds is 7. The summed E-state index contributed by atoms with van der Waals surface area (Å²) in [5.41, 5.74) is 1.58. The highest BCUT2D eigenvalue weighted by Crippen LogP contribution is 2.26. The molecular weight excluding hydrogens is 418 g/mol. The van der Waals surface area contributed by atoms with Gasteiger partial charge in [0.05, 0.1) is 25.2 Å². The zero-order chi connectivity index (χ0) is 23.2. The second-order valence-electron chi connectivity index (χ2n) is 9.05. The van der Waals surface area contributed by atoms with Crippen LogP contribution in [0.5, 0.6) is 0 Å². The van der Waals surface area contributed by atoms with Crippen LogP contribution in [0, 0.1) is 17.2 Å². The standard InChI is InChI=1S/C25H33N5O3/c1-29-22-9-5-2-6-18(22)16-23(29)25(32)28-21-8-4-3-7-20(21)24(31)27-19(17-26)10-11-30-12-14-33-15-13-30/h2,5-6,9,16,19-21H,3-4,7-8,10-15H2,1H3,(H,27,31)(H,28,32)/t19-,20+,21-/m0/s1. The van der Waals surface area contributed by atoms with Crippen molar-refractivity contribution >= 4 is 22.7 Å². The summed E-state index contributed by atoms with van der Waals surface area (Å²) in [6, 6.07) is 11.2. The minimum Gasteiger partial charge on any atom is -0.379 e. The molecular formula is C25H33N5O3. The molecule has 8 nitrogen and oxygen atoms in total. The Morgan fingerprint density at radius 1 is 1.21 bits per heavy atom. The Kier molecular flexibility index (Phi) is 7.63. The van der Waals surface area contributed by atoms with E-state index < -0.39 is 6.04 Å². The van der Waals surface area contributed by atoms with E-state index in [2.05, 4.69) is 21.6 Å². The lowest BCUT2D eigenvalue weighted by molar-refractivity contribution is -0.127. The molecule has 0 spiro atoms. The summed E-state index contributed by atoms with van der Waals surface area (Å²) in [6.45, 7) is 3.90. The van der Waals surface area contributed by atoms with Gasteiger partial charge < -0.3 is 19.9 Å². The number of morpholine rings is 1. The molecule has 2 aliphatic rings. The van der Waals surface area contributed by atoms with Crippen molar-refractivity contribution in [1.29, 1.82) is 5.26 Å². The van der Waals surface area contributed by atoms with Crippen molar-refractivity contribution in [1.82, 2.24) is 20.1 Å². The van der Waals surface area contributed by atoms with Crippen molar-refractivity contribution in [2.75, 3.05) is 32.8 Å². The summed E-state index contributed by atoms with van der Waals surface area (Å²) in [5.74, 6) is -0.621. The Hall–Kier alpha value is -2.89. The van der Waals surface area contributed by atoms with Crippen molar-refractivity contribution in [2.45, 2.75) is 44.2 Å². The Labute approximate surface area is 194 Å². The molecule has 2 heterocycles. The molecule has 1 saturated carbocycles. The van der Waals surface area contributed by atoms with Crippen LogP contribution < -0.4 is 10.6 Å². The Morgan fingerprint density at radius 3 is 2.73 bits per heavy atom. The van der Waals surface area contributed by atoms with Gasteiger partial charge in [0.25, 0.3) is 5.91 Å². The Morgan fingerprint density at radius 2 is 1.97 bits per heavy atom. The van der Waals surface area contributed by atoms with E-state index in [1.165, 1.54) is 0 Å². The molecule has 2 N–H and O–H groups in total. The monoisotopic (exact) mass is 451 g/mol. The van der Waals surface area contributed by atoms with Gasteiger partial charge in [-0.15, -0.1) is 0 Å². The fraction of sp³-hybridized carbons (Fsp3) is 0.560. The number of amides is 2. The first kappa shape index (κ1) is 23.3. The molecule has 0 radical (unpaired) electrons. The van der Waals surface area contributed by atoms with Gasteiger partial charge in [-0.1, -0.05) is 31.0 Å². The normalized spacial score (nSPS) is 22.4. The van der Waals surface area contributed by atoms with E-state index in [4.69, 9.17) is 4.74 Å². The molecule has 2 fully saturated rings. The number of aryl methyl sites for hydroxylation is 1. The fourth-order valence-electron chi connectivity index (χ4n) is 4.95. The Balaban J connectivity index is 1.37. The van der Waals surface area contributed by atoms with Gasteiger partial charge in [0.15, 0.2) is 0 Å². The van der Waals surface area contributed by atoms with Gasteiger partial charge in [-0.25, -0.2) is 0 Å². The lowest BCUT2D eigenvalue weighted by atomic mass is 9.83. The minimum absolute atomic E-state index is 0.134. The van der Waals surface area contributed by atoms with Crippen molar-refractivity contribution in [3.8, 4) is 6.07 Å². The van der Waals surface area contributed by atoms with E-state index in [1.807, 2.05) is 41.9 Å². The highest BCUT2D eigenvalue weighted by molar-refractivity contribution is 5.99. The van der Waals surface area contributed by atoms with Gasteiger partial charge in [0.2, 0.25) is 5.91 Å². The van der Waals surface area contributed by atoms with Crippen molar-refractivity contribution in [3.05, 3.63) is 36.0 Å². The zero-order valence-electron chi connectivity index (χ0n) is 19.3. The topological polar surface area (TPSA) is 99.4 Å². The van der Waals surface area contributed by atoms with E-state index in [1.54, 1.807) is 0 Å². The van der Waals surface area contributed by atoms with Gasteiger partial charge in [-0.05, 0) is 31.4 Å². The van der Waals surface area contributed by atoms with Crippen LogP contribution in [0.25, 0.3) is 10.9 Å². The average molecular weight is 452 g/mol. The molecule has 1 aliphatic carbocycles. The first-order valence-electron chi connectivity index (χ1n) is 11.9. The maximum atomic E-state index is 13.1. The molecule has 3 atom stereocenters. The molecule has 0 bridgehead atoms. The predicted molar refractivity (Wildman–Crippen MR) is 126 cm³/mol. The molecule has 0 unspecified atom stereocenters. The number of carbonyl (C=O) groups excluding carboxylic acids is 2. The first-order valence-corrected chi connectivity index (χ1v) is 11.9. The third-order valence-electron chi connectivity index (χ3n) is 6.91. The van der Waals surface area contributed by atoms with Gasteiger partial charge in [0, 0.05) is 43.6 Å². The van der Waals surface area contributed by atoms with E-state index in [0.29, 0.717) is 31.7 Å². The summed E-state index contributed by atoms with van der Waals surface area (Å²) >= 11 is 0. The van der Waals surface area contributed by atoms with Crippen molar-refractivity contribution in [3.63, 3.8) is 0 Å². The summed E-state index contributed by atoms with van der Waals surface area (Å²) < 4.78 is 7.25. The van der Waals surface area contributed by atoms with Gasteiger partial charge in [0.1, 0.15) is 11.7 Å². The lowest BCUT2D eigenvalue weighted by Crippen LogP contribution is -2.50. The smallest absolute Gasteiger partial charge is 0.268 e. The van der Waals surface area contributed by atoms with Crippen LogP contribution in [0.15, 0.2) is 30.3 Å². The number of nitriles is 1. The van der Waals surface area contributed by atoms with E-state index in [0.717, 1.165) is 49.8 Å². The molecule has 1 aliphatic heterocycles. The maximum absolute atomic E-state index is 13.1.